The average Bonchev–Trinajstić information content (AvgIpc) is 2.14. The number of carbonyl (C=O) groups excluding carboxylic acids is 3. The van der Waals surface area contributed by atoms with E-state index in [0.717, 1.165) is 5.36 Å². The maximum atomic E-state index is 8.00. The molecule has 0 bridgehead atoms. The predicted molar refractivity (Wildman–Crippen MR) is 36.4 cm³/mol. The van der Waals surface area contributed by atoms with E-state index < -0.39 is 0 Å². The van der Waals surface area contributed by atoms with Crippen LogP contribution >= 0.6 is 0 Å². The Bertz CT molecular complexity index is 45.5. The number of carbonyl (C=O) groups is 3. The van der Waals surface area contributed by atoms with Crippen molar-refractivity contribution in [2.45, 2.75) is 5.36 Å². The molecule has 0 aromatic carbocycles. The van der Waals surface area contributed by atoms with E-state index in [2.05, 4.69) is 22.3 Å². The molecule has 0 saturated carbocycles. The molecule has 0 aromatic heterocycles. The summed E-state index contributed by atoms with van der Waals surface area (Å²) in [6.45, 7) is 9.40. The van der Waals surface area contributed by atoms with Crippen LogP contribution in [-0.2, 0) is 30.1 Å². The van der Waals surface area contributed by atoms with Crippen LogP contribution in [0.2, 0.25) is 5.36 Å². The molecule has 0 aliphatic carbocycles. The van der Waals surface area contributed by atoms with Gasteiger partial charge in [-0.1, -0.05) is 0 Å². The predicted octanol–water partition coefficient (Wildman–Crippen LogP) is 0.583. The molecule has 0 atom stereocenters. The van der Waals surface area contributed by atoms with Crippen molar-refractivity contribution in [3.63, 3.8) is 0 Å². The van der Waals surface area contributed by atoms with Crippen molar-refractivity contribution >= 4 is 20.4 Å². The van der Waals surface area contributed by atoms with Crippen molar-refractivity contribution in [3.8, 4) is 0 Å². The number of rotatable bonds is 1. The van der Waals surface area contributed by atoms with Crippen LogP contribution in [0.5, 0.6) is 0 Å². The minimum atomic E-state index is 0.771. The van der Waals surface area contributed by atoms with Gasteiger partial charge in [-0.2, -0.15) is 0 Å². The van der Waals surface area contributed by atoms with E-state index in [0.29, 0.717) is 0 Å². The van der Waals surface area contributed by atoms with Crippen LogP contribution in [0.3, 0.4) is 0 Å². The molecule has 10 heavy (non-hydrogen) atoms. The summed E-state index contributed by atoms with van der Waals surface area (Å²) < 4.78 is 0. The van der Waals surface area contributed by atoms with Gasteiger partial charge in [-0.3, -0.25) is 0 Å². The van der Waals surface area contributed by atoms with Gasteiger partial charge in [0.2, 0.25) is 0 Å². The van der Waals surface area contributed by atoms with Crippen LogP contribution in [0.4, 0.5) is 0 Å². The summed E-state index contributed by atoms with van der Waals surface area (Å²) in [5, 5.41) is 0.771. The molecule has 0 aliphatic heterocycles. The molecule has 0 radical (unpaired) electrons. The largest absolute Gasteiger partial charge is 0.307 e. The van der Waals surface area contributed by atoms with E-state index in [1.165, 1.54) is 0 Å². The molecule has 0 saturated heterocycles. The molecule has 0 N–H and O–H groups in total. The Morgan fingerprint density at radius 3 is 1.10 bits per heavy atom. The van der Waals surface area contributed by atoms with E-state index in [9.17, 15) is 0 Å². The zero-order valence-electron chi connectivity index (χ0n) is 5.67. The first-order valence-electron chi connectivity index (χ1n) is 1.92. The van der Waals surface area contributed by atoms with Gasteiger partial charge < -0.3 is 14.4 Å². The maximum Gasteiger partial charge on any atom is 0.106 e. The summed E-state index contributed by atoms with van der Waals surface area (Å²) in [5.41, 5.74) is 0. The minimum absolute atomic E-state index is 0.771. The fourth-order valence-electron chi connectivity index (χ4n) is 0. The first-order chi connectivity index (χ1) is 4.91. The summed E-state index contributed by atoms with van der Waals surface area (Å²) in [4.78, 5) is 24.0. The molecule has 0 rings (SSSR count). The van der Waals surface area contributed by atoms with Gasteiger partial charge in [0.25, 0.3) is 0 Å². The van der Waals surface area contributed by atoms with E-state index in [-0.39, 0.29) is 0 Å². The molecule has 0 fully saturated rings. The third kappa shape index (κ3) is 4320. The van der Waals surface area contributed by atoms with Gasteiger partial charge in [-0.25, -0.2) is 0 Å². The Labute approximate surface area is 69.1 Å². The topological polar surface area (TPSA) is 51.2 Å². The first-order valence-corrected chi connectivity index (χ1v) is 2.65. The van der Waals surface area contributed by atoms with E-state index in [4.69, 9.17) is 14.4 Å². The molecule has 0 aromatic rings. The van der Waals surface area contributed by atoms with Crippen LogP contribution in [0.15, 0.2) is 12.7 Å². The van der Waals surface area contributed by atoms with Gasteiger partial charge in [0, 0.05) is 0 Å². The van der Waals surface area contributed by atoms with E-state index in [1.54, 1.807) is 6.08 Å². The first kappa shape index (κ1) is 22.8. The SMILES string of the molecule is C=C[CH2][Co].C=O.C=O.C=O. The standard InChI is InChI=1S/C3H5.3CH2O.Co/c1-3-2;3*1-2;/h3H,1-2H2;3*1H2;. The molecule has 62 valence electrons. The van der Waals surface area contributed by atoms with Gasteiger partial charge in [0.1, 0.15) is 20.4 Å². The number of allylic oxidation sites excluding steroid dienone is 1. The molecule has 0 amide bonds. The van der Waals surface area contributed by atoms with Crippen molar-refractivity contribution in [1.82, 2.24) is 0 Å². The maximum absolute atomic E-state index is 8.00. The molecule has 4 heteroatoms. The van der Waals surface area contributed by atoms with Crippen molar-refractivity contribution in [1.29, 1.82) is 0 Å². The monoisotopic (exact) mass is 190 g/mol. The Hall–Kier alpha value is -0.744. The smallest absolute Gasteiger partial charge is 0.106 e. The summed E-state index contributed by atoms with van der Waals surface area (Å²) in [5.74, 6) is 0. The fourth-order valence-corrected chi connectivity index (χ4v) is 0. The third-order valence-corrected chi connectivity index (χ3v) is 0.397. The summed E-state index contributed by atoms with van der Waals surface area (Å²) in [6, 6.07) is 0. The molecule has 3 nitrogen and oxygen atoms in total. The summed E-state index contributed by atoms with van der Waals surface area (Å²) >= 11 is 3.84. The Morgan fingerprint density at radius 1 is 1.00 bits per heavy atom. The van der Waals surface area contributed by atoms with Crippen LogP contribution in [-0.4, -0.2) is 20.4 Å². The normalized spacial score (nSPS) is 3.80. The number of hydrogen-bond donors (Lipinski definition) is 0. The van der Waals surface area contributed by atoms with Crippen molar-refractivity contribution in [2.24, 2.45) is 0 Å². The Balaban J connectivity index is -0.0000000262. The quantitative estimate of drug-likeness (QED) is 0.568. The zero-order valence-corrected chi connectivity index (χ0v) is 6.71. The zero-order chi connectivity index (χ0) is 9.41. The minimum Gasteiger partial charge on any atom is -0.307 e. The second kappa shape index (κ2) is 275. The van der Waals surface area contributed by atoms with Crippen molar-refractivity contribution < 1.29 is 30.1 Å². The second-order valence-electron chi connectivity index (χ2n) is 0.425. The second-order valence-corrected chi connectivity index (χ2v) is 0.850. The van der Waals surface area contributed by atoms with E-state index >= 15 is 0 Å². The fraction of sp³-hybridized carbons (Fsp3) is 0.167. The van der Waals surface area contributed by atoms with Crippen LogP contribution in [0.25, 0.3) is 0 Å². The average molecular weight is 190 g/mol. The van der Waals surface area contributed by atoms with Gasteiger partial charge in [-0.15, -0.1) is 0 Å². The molecule has 0 unspecified atom stereocenters. The van der Waals surface area contributed by atoms with Gasteiger partial charge in [-0.05, 0) is 0 Å². The molecule has 0 heterocycles. The summed E-state index contributed by atoms with van der Waals surface area (Å²) in [7, 11) is 0. The Morgan fingerprint density at radius 2 is 1.10 bits per heavy atom. The molecular weight excluding hydrogens is 179 g/mol. The van der Waals surface area contributed by atoms with Crippen LogP contribution in [0, 0.1) is 0 Å². The van der Waals surface area contributed by atoms with Crippen molar-refractivity contribution in [3.05, 3.63) is 12.7 Å². The van der Waals surface area contributed by atoms with Crippen molar-refractivity contribution in [2.75, 3.05) is 0 Å². The molecule has 0 spiro atoms. The Kier molecular flexibility index (Phi) is 629. The van der Waals surface area contributed by atoms with Crippen LogP contribution in [0.1, 0.15) is 0 Å². The van der Waals surface area contributed by atoms with Gasteiger partial charge >= 0.3 is 33.7 Å². The molecular formula is C6H11CoO3. The molecule has 0 aliphatic rings. The van der Waals surface area contributed by atoms with Gasteiger partial charge in [0.05, 0.1) is 0 Å². The number of hydrogen-bond acceptors (Lipinski definition) is 3. The summed E-state index contributed by atoms with van der Waals surface area (Å²) in [6.07, 6.45) is 1.74. The van der Waals surface area contributed by atoms with E-state index in [1.807, 2.05) is 20.4 Å². The van der Waals surface area contributed by atoms with Gasteiger partial charge in [0.15, 0.2) is 0 Å². The third-order valence-electron chi connectivity index (χ3n) is 0.0962. The van der Waals surface area contributed by atoms with Crippen LogP contribution < -0.4 is 0 Å².